The number of hydrogen-bond donors (Lipinski definition) is 2. The van der Waals surface area contributed by atoms with Gasteiger partial charge in [0.25, 0.3) is 15.9 Å². The molecule has 0 aliphatic heterocycles. The topological polar surface area (TPSA) is 75.3 Å². The fourth-order valence-corrected chi connectivity index (χ4v) is 4.01. The minimum atomic E-state index is -3.86. The number of hydrogen-bond acceptors (Lipinski definition) is 3. The van der Waals surface area contributed by atoms with Crippen LogP contribution in [0.15, 0.2) is 41.3 Å². The van der Waals surface area contributed by atoms with Crippen molar-refractivity contribution in [2.45, 2.75) is 32.1 Å². The Morgan fingerprint density at radius 2 is 1.88 bits per heavy atom. The second-order valence-corrected chi connectivity index (χ2v) is 7.92. The zero-order valence-corrected chi connectivity index (χ0v) is 16.0. The lowest BCUT2D eigenvalue weighted by Gasteiger charge is -2.14. The molecule has 1 amide bonds. The van der Waals surface area contributed by atoms with Crippen LogP contribution >= 0.6 is 11.6 Å². The molecule has 2 rings (SSSR count). The number of anilines is 1. The fourth-order valence-electron chi connectivity index (χ4n) is 2.38. The highest BCUT2D eigenvalue weighted by molar-refractivity contribution is 7.92. The lowest BCUT2D eigenvalue weighted by molar-refractivity contribution is 0.0953. The van der Waals surface area contributed by atoms with Crippen LogP contribution < -0.4 is 10.0 Å². The molecular formula is C18H21ClN2O3S. The van der Waals surface area contributed by atoms with E-state index >= 15 is 0 Å². The Morgan fingerprint density at radius 1 is 1.16 bits per heavy atom. The van der Waals surface area contributed by atoms with Gasteiger partial charge < -0.3 is 5.32 Å². The van der Waals surface area contributed by atoms with Crippen molar-refractivity contribution in [3.63, 3.8) is 0 Å². The Hall–Kier alpha value is -2.05. The molecule has 0 saturated carbocycles. The number of nitrogens with one attached hydrogen (secondary N) is 2. The molecule has 0 fully saturated rings. The summed E-state index contributed by atoms with van der Waals surface area (Å²) in [6.07, 6.45) is 0.802. The van der Waals surface area contributed by atoms with Crippen LogP contribution in [0, 0.1) is 13.8 Å². The van der Waals surface area contributed by atoms with Crippen molar-refractivity contribution in [1.82, 2.24) is 5.32 Å². The highest BCUT2D eigenvalue weighted by atomic mass is 35.5. The van der Waals surface area contributed by atoms with Gasteiger partial charge in [-0.2, -0.15) is 0 Å². The molecule has 2 aromatic rings. The van der Waals surface area contributed by atoms with Crippen molar-refractivity contribution in [3.8, 4) is 0 Å². The van der Waals surface area contributed by atoms with Gasteiger partial charge in [-0.15, -0.1) is 0 Å². The Labute approximate surface area is 153 Å². The van der Waals surface area contributed by atoms with Crippen LogP contribution in [0.3, 0.4) is 0 Å². The number of rotatable bonds is 6. The predicted octanol–water partition coefficient (Wildman–Crippen LogP) is 3.90. The summed E-state index contributed by atoms with van der Waals surface area (Å²) in [5.41, 5.74) is 2.31. The van der Waals surface area contributed by atoms with Gasteiger partial charge >= 0.3 is 0 Å². The molecule has 0 saturated heterocycles. The van der Waals surface area contributed by atoms with Gasteiger partial charge in [-0.3, -0.25) is 9.52 Å². The zero-order valence-electron chi connectivity index (χ0n) is 14.4. The molecule has 134 valence electrons. The van der Waals surface area contributed by atoms with E-state index in [4.69, 9.17) is 11.6 Å². The molecule has 25 heavy (non-hydrogen) atoms. The summed E-state index contributed by atoms with van der Waals surface area (Å²) in [5, 5.41) is 3.06. The number of aryl methyl sites for hydroxylation is 2. The van der Waals surface area contributed by atoms with Crippen molar-refractivity contribution in [2.75, 3.05) is 11.3 Å². The standard InChI is InChI=1S/C18H21ClN2O3S/c1-4-8-20-18(22)14-6-5-7-15(11-14)25(23,24)21-17-13(3)9-12(2)10-16(17)19/h5-7,9-11,21H,4,8H2,1-3H3,(H,20,22). The first-order valence-corrected chi connectivity index (χ1v) is 9.78. The maximum Gasteiger partial charge on any atom is 0.261 e. The van der Waals surface area contributed by atoms with Crippen molar-refractivity contribution >= 4 is 33.2 Å². The van der Waals surface area contributed by atoms with Crippen LogP contribution in [0.5, 0.6) is 0 Å². The molecule has 0 unspecified atom stereocenters. The zero-order chi connectivity index (χ0) is 18.6. The molecule has 0 bridgehead atoms. The first-order chi connectivity index (χ1) is 11.7. The lowest BCUT2D eigenvalue weighted by atomic mass is 10.1. The van der Waals surface area contributed by atoms with Crippen LogP contribution in [-0.4, -0.2) is 20.9 Å². The molecule has 2 aromatic carbocycles. The highest BCUT2D eigenvalue weighted by Crippen LogP contribution is 2.29. The summed E-state index contributed by atoms with van der Waals surface area (Å²) < 4.78 is 27.9. The van der Waals surface area contributed by atoms with Gasteiger partial charge in [0.05, 0.1) is 15.6 Å². The number of benzene rings is 2. The van der Waals surface area contributed by atoms with Gasteiger partial charge in [0.15, 0.2) is 0 Å². The van der Waals surface area contributed by atoms with Crippen molar-refractivity contribution in [2.24, 2.45) is 0 Å². The second kappa shape index (κ2) is 7.89. The van der Waals surface area contributed by atoms with E-state index in [-0.39, 0.29) is 10.8 Å². The van der Waals surface area contributed by atoms with E-state index in [1.807, 2.05) is 19.9 Å². The van der Waals surface area contributed by atoms with E-state index in [1.165, 1.54) is 12.1 Å². The molecule has 7 heteroatoms. The van der Waals surface area contributed by atoms with Gasteiger partial charge in [-0.05, 0) is 55.7 Å². The van der Waals surface area contributed by atoms with E-state index in [9.17, 15) is 13.2 Å². The monoisotopic (exact) mass is 380 g/mol. The van der Waals surface area contributed by atoms with Crippen molar-refractivity contribution < 1.29 is 13.2 Å². The van der Waals surface area contributed by atoms with E-state index in [1.54, 1.807) is 25.1 Å². The number of halogens is 1. The summed E-state index contributed by atoms with van der Waals surface area (Å²) >= 11 is 6.18. The quantitative estimate of drug-likeness (QED) is 0.798. The van der Waals surface area contributed by atoms with E-state index < -0.39 is 10.0 Å². The normalized spacial score (nSPS) is 11.2. The third kappa shape index (κ3) is 4.74. The molecule has 0 atom stereocenters. The molecule has 0 aliphatic carbocycles. The van der Waals surface area contributed by atoms with Crippen LogP contribution in [0.1, 0.15) is 34.8 Å². The minimum Gasteiger partial charge on any atom is -0.352 e. The minimum absolute atomic E-state index is 0.00712. The van der Waals surface area contributed by atoms with E-state index in [0.29, 0.717) is 22.8 Å². The molecule has 0 spiro atoms. The van der Waals surface area contributed by atoms with Gasteiger partial charge in [0.2, 0.25) is 0 Å². The largest absolute Gasteiger partial charge is 0.352 e. The van der Waals surface area contributed by atoms with Crippen LogP contribution in [-0.2, 0) is 10.0 Å². The number of sulfonamides is 1. The Morgan fingerprint density at radius 3 is 2.52 bits per heavy atom. The van der Waals surface area contributed by atoms with Crippen molar-refractivity contribution in [1.29, 1.82) is 0 Å². The van der Waals surface area contributed by atoms with Crippen molar-refractivity contribution in [3.05, 3.63) is 58.1 Å². The third-order valence-electron chi connectivity index (χ3n) is 3.61. The Kier molecular flexibility index (Phi) is 6.08. The molecular weight excluding hydrogens is 360 g/mol. The maximum atomic E-state index is 12.7. The molecule has 0 aromatic heterocycles. The fraction of sp³-hybridized carbons (Fsp3) is 0.278. The van der Waals surface area contributed by atoms with Gasteiger partial charge in [-0.1, -0.05) is 30.7 Å². The average molecular weight is 381 g/mol. The molecule has 2 N–H and O–H groups in total. The number of carbonyl (C=O) groups is 1. The molecule has 0 aliphatic rings. The smallest absolute Gasteiger partial charge is 0.261 e. The number of carbonyl (C=O) groups excluding carboxylic acids is 1. The highest BCUT2D eigenvalue weighted by Gasteiger charge is 2.19. The van der Waals surface area contributed by atoms with E-state index in [0.717, 1.165) is 17.5 Å². The van der Waals surface area contributed by atoms with Crippen LogP contribution in [0.4, 0.5) is 5.69 Å². The summed E-state index contributed by atoms with van der Waals surface area (Å²) in [6, 6.07) is 9.45. The lowest BCUT2D eigenvalue weighted by Crippen LogP contribution is -2.24. The summed E-state index contributed by atoms with van der Waals surface area (Å²) in [6.45, 7) is 6.14. The van der Waals surface area contributed by atoms with E-state index in [2.05, 4.69) is 10.0 Å². The first kappa shape index (κ1) is 19.3. The molecule has 0 radical (unpaired) electrons. The number of amides is 1. The van der Waals surface area contributed by atoms with Gasteiger partial charge in [0, 0.05) is 12.1 Å². The molecule has 5 nitrogen and oxygen atoms in total. The predicted molar refractivity (Wildman–Crippen MR) is 101 cm³/mol. The average Bonchev–Trinajstić information content (AvgIpc) is 2.56. The molecule has 0 heterocycles. The van der Waals surface area contributed by atoms with Gasteiger partial charge in [-0.25, -0.2) is 8.42 Å². The second-order valence-electron chi connectivity index (χ2n) is 5.83. The summed E-state index contributed by atoms with van der Waals surface area (Å²) in [4.78, 5) is 12.0. The summed E-state index contributed by atoms with van der Waals surface area (Å²) in [5.74, 6) is -0.302. The maximum absolute atomic E-state index is 12.7. The third-order valence-corrected chi connectivity index (χ3v) is 5.26. The Balaban J connectivity index is 2.33. The van der Waals surface area contributed by atoms with Crippen LogP contribution in [0.25, 0.3) is 0 Å². The summed E-state index contributed by atoms with van der Waals surface area (Å²) in [7, 11) is -3.86. The van der Waals surface area contributed by atoms with Gasteiger partial charge in [0.1, 0.15) is 0 Å². The first-order valence-electron chi connectivity index (χ1n) is 7.92. The SMILES string of the molecule is CCCNC(=O)c1cccc(S(=O)(=O)Nc2c(C)cc(C)cc2Cl)c1. The van der Waals surface area contributed by atoms with Crippen LogP contribution in [0.2, 0.25) is 5.02 Å². The Bertz CT molecular complexity index is 872.